The molecule has 0 saturated heterocycles. The Labute approximate surface area is 115 Å². The van der Waals surface area contributed by atoms with Crippen LogP contribution in [0.1, 0.15) is 20.7 Å². The molecule has 2 rings (SSSR count). The van der Waals surface area contributed by atoms with Crippen LogP contribution in [0.15, 0.2) is 42.5 Å². The van der Waals surface area contributed by atoms with Crippen molar-refractivity contribution in [2.75, 3.05) is 7.11 Å². The molecule has 0 radical (unpaired) electrons. The van der Waals surface area contributed by atoms with Gasteiger partial charge in [0.25, 0.3) is 0 Å². The van der Waals surface area contributed by atoms with Gasteiger partial charge in [-0.05, 0) is 35.4 Å². The lowest BCUT2D eigenvalue weighted by Crippen LogP contribution is -2.00. The van der Waals surface area contributed by atoms with E-state index < -0.39 is 5.97 Å². The highest BCUT2D eigenvalue weighted by atomic mass is 35.5. The first-order valence-electron chi connectivity index (χ1n) is 5.59. The molecule has 4 heteroatoms. The third kappa shape index (κ3) is 2.83. The molecule has 3 nitrogen and oxygen atoms in total. The average molecular weight is 275 g/mol. The Balaban J connectivity index is 2.42. The summed E-state index contributed by atoms with van der Waals surface area (Å²) in [6, 6.07) is 12.0. The van der Waals surface area contributed by atoms with E-state index in [0.29, 0.717) is 16.1 Å². The minimum atomic E-state index is -0.390. The van der Waals surface area contributed by atoms with Crippen molar-refractivity contribution in [3.05, 3.63) is 58.6 Å². The summed E-state index contributed by atoms with van der Waals surface area (Å²) in [5.41, 5.74) is 2.59. The lowest BCUT2D eigenvalue weighted by Gasteiger charge is -2.06. The van der Waals surface area contributed by atoms with Crippen LogP contribution in [0.2, 0.25) is 5.02 Å². The van der Waals surface area contributed by atoms with Crippen LogP contribution in [-0.4, -0.2) is 19.4 Å². The molecule has 0 fully saturated rings. The maximum absolute atomic E-state index is 11.3. The fourth-order valence-electron chi connectivity index (χ4n) is 1.80. The van der Waals surface area contributed by atoms with Gasteiger partial charge in [0.1, 0.15) is 0 Å². The van der Waals surface area contributed by atoms with E-state index >= 15 is 0 Å². The van der Waals surface area contributed by atoms with E-state index in [4.69, 9.17) is 11.6 Å². The Kier molecular flexibility index (Phi) is 3.97. The van der Waals surface area contributed by atoms with Gasteiger partial charge >= 0.3 is 5.97 Å². The summed E-state index contributed by atoms with van der Waals surface area (Å²) in [6.45, 7) is 0. The first-order valence-corrected chi connectivity index (χ1v) is 5.97. The molecule has 2 aromatic rings. The summed E-state index contributed by atoms with van der Waals surface area (Å²) < 4.78 is 4.63. The van der Waals surface area contributed by atoms with Crippen LogP contribution in [0.3, 0.4) is 0 Å². The number of esters is 1. The monoisotopic (exact) mass is 274 g/mol. The van der Waals surface area contributed by atoms with Crippen LogP contribution in [-0.2, 0) is 4.74 Å². The quantitative estimate of drug-likeness (QED) is 0.634. The number of carbonyl (C=O) groups excluding carboxylic acids is 2. The first-order chi connectivity index (χ1) is 9.15. The lowest BCUT2D eigenvalue weighted by atomic mass is 9.99. The molecule has 0 spiro atoms. The third-order valence-corrected chi connectivity index (χ3v) is 2.99. The van der Waals surface area contributed by atoms with E-state index in [1.165, 1.54) is 7.11 Å². The Bertz CT molecular complexity index is 618. The maximum atomic E-state index is 11.3. The molecule has 0 unspecified atom stereocenters. The lowest BCUT2D eigenvalue weighted by molar-refractivity contribution is 0.0600. The van der Waals surface area contributed by atoms with Crippen molar-refractivity contribution in [2.24, 2.45) is 0 Å². The second kappa shape index (κ2) is 5.67. The minimum Gasteiger partial charge on any atom is -0.465 e. The van der Waals surface area contributed by atoms with Gasteiger partial charge in [-0.15, -0.1) is 0 Å². The predicted octanol–water partition coefficient (Wildman–Crippen LogP) is 3.61. The van der Waals surface area contributed by atoms with Crippen molar-refractivity contribution in [2.45, 2.75) is 0 Å². The molecule has 96 valence electrons. The Morgan fingerprint density at radius 2 is 1.84 bits per heavy atom. The van der Waals surface area contributed by atoms with Crippen molar-refractivity contribution in [1.29, 1.82) is 0 Å². The van der Waals surface area contributed by atoms with E-state index in [2.05, 4.69) is 4.74 Å². The third-order valence-electron chi connectivity index (χ3n) is 2.76. The van der Waals surface area contributed by atoms with Crippen LogP contribution in [0, 0.1) is 0 Å². The molecule has 2 aromatic carbocycles. The maximum Gasteiger partial charge on any atom is 0.337 e. The van der Waals surface area contributed by atoms with Crippen molar-refractivity contribution < 1.29 is 14.3 Å². The zero-order valence-corrected chi connectivity index (χ0v) is 11.0. The van der Waals surface area contributed by atoms with E-state index in [1.807, 2.05) is 0 Å². The summed E-state index contributed by atoms with van der Waals surface area (Å²) in [7, 11) is 1.33. The van der Waals surface area contributed by atoms with Gasteiger partial charge in [0.15, 0.2) is 6.29 Å². The van der Waals surface area contributed by atoms with Gasteiger partial charge < -0.3 is 4.74 Å². The van der Waals surface area contributed by atoms with Crippen molar-refractivity contribution in [1.82, 2.24) is 0 Å². The number of benzene rings is 2. The number of rotatable bonds is 3. The summed E-state index contributed by atoms with van der Waals surface area (Å²) in [5.74, 6) is -0.390. The van der Waals surface area contributed by atoms with Crippen LogP contribution < -0.4 is 0 Å². The molecule has 0 aromatic heterocycles. The summed E-state index contributed by atoms with van der Waals surface area (Å²) in [6.07, 6.45) is 0.759. The zero-order chi connectivity index (χ0) is 13.8. The topological polar surface area (TPSA) is 43.4 Å². The van der Waals surface area contributed by atoms with E-state index in [9.17, 15) is 9.59 Å². The van der Waals surface area contributed by atoms with E-state index in [1.54, 1.807) is 42.5 Å². The number of carbonyl (C=O) groups is 2. The molecule has 0 atom stereocenters. The van der Waals surface area contributed by atoms with Crippen LogP contribution in [0.25, 0.3) is 11.1 Å². The number of ether oxygens (including phenoxy) is 1. The predicted molar refractivity (Wildman–Crippen MR) is 73.6 cm³/mol. The first kappa shape index (κ1) is 13.3. The van der Waals surface area contributed by atoms with Gasteiger partial charge in [0, 0.05) is 10.6 Å². The van der Waals surface area contributed by atoms with Crippen molar-refractivity contribution in [3.8, 4) is 11.1 Å². The molecule has 0 N–H and O–H groups in total. The van der Waals surface area contributed by atoms with Crippen molar-refractivity contribution in [3.63, 3.8) is 0 Å². The Morgan fingerprint density at radius 3 is 2.42 bits per heavy atom. The highest BCUT2D eigenvalue weighted by Crippen LogP contribution is 2.25. The minimum absolute atomic E-state index is 0.390. The molecule has 0 heterocycles. The molecule has 0 aliphatic carbocycles. The Hall–Kier alpha value is -2.13. The van der Waals surface area contributed by atoms with Gasteiger partial charge in [-0.1, -0.05) is 29.8 Å². The molecule has 0 bridgehead atoms. The smallest absolute Gasteiger partial charge is 0.337 e. The summed E-state index contributed by atoms with van der Waals surface area (Å²) in [5, 5.41) is 0.511. The van der Waals surface area contributed by atoms with Gasteiger partial charge in [-0.2, -0.15) is 0 Å². The Morgan fingerprint density at radius 1 is 1.16 bits per heavy atom. The largest absolute Gasteiger partial charge is 0.465 e. The standard InChI is InChI=1S/C15H11ClO3/c1-19-15(18)11-4-2-10(3-5-11)14-7-6-13(16)8-12(14)9-17/h2-9H,1H3. The number of hydrogen-bond acceptors (Lipinski definition) is 3. The number of aldehydes is 1. The number of halogens is 1. The SMILES string of the molecule is COC(=O)c1ccc(-c2ccc(Cl)cc2C=O)cc1. The van der Waals surface area contributed by atoms with Crippen LogP contribution in [0.4, 0.5) is 0 Å². The zero-order valence-electron chi connectivity index (χ0n) is 10.2. The summed E-state index contributed by atoms with van der Waals surface area (Å²) in [4.78, 5) is 22.4. The fraction of sp³-hybridized carbons (Fsp3) is 0.0667. The van der Waals surface area contributed by atoms with Gasteiger partial charge in [0.2, 0.25) is 0 Å². The second-order valence-electron chi connectivity index (χ2n) is 3.92. The van der Waals surface area contributed by atoms with Gasteiger partial charge in [-0.3, -0.25) is 4.79 Å². The average Bonchev–Trinajstić information content (AvgIpc) is 2.46. The summed E-state index contributed by atoms with van der Waals surface area (Å²) >= 11 is 5.85. The highest BCUT2D eigenvalue weighted by Gasteiger charge is 2.08. The number of methoxy groups -OCH3 is 1. The molecule has 0 saturated carbocycles. The molecule has 0 aliphatic rings. The molecule has 0 amide bonds. The molecule has 0 aliphatic heterocycles. The molecule has 19 heavy (non-hydrogen) atoms. The van der Waals surface area contributed by atoms with Gasteiger partial charge in [0.05, 0.1) is 12.7 Å². The van der Waals surface area contributed by atoms with Gasteiger partial charge in [-0.25, -0.2) is 4.79 Å². The van der Waals surface area contributed by atoms with Crippen LogP contribution in [0.5, 0.6) is 0 Å². The molecular weight excluding hydrogens is 264 g/mol. The van der Waals surface area contributed by atoms with Crippen molar-refractivity contribution >= 4 is 23.9 Å². The highest BCUT2D eigenvalue weighted by molar-refractivity contribution is 6.31. The normalized spacial score (nSPS) is 10.0. The fourth-order valence-corrected chi connectivity index (χ4v) is 1.98. The van der Waals surface area contributed by atoms with E-state index in [0.717, 1.165) is 17.4 Å². The van der Waals surface area contributed by atoms with Crippen LogP contribution >= 0.6 is 11.6 Å². The second-order valence-corrected chi connectivity index (χ2v) is 4.35. The number of hydrogen-bond donors (Lipinski definition) is 0. The molecular formula is C15H11ClO3. The van der Waals surface area contributed by atoms with E-state index in [-0.39, 0.29) is 0 Å².